The minimum atomic E-state index is -0.310. The maximum atomic E-state index is 12.4. The molecule has 0 unspecified atom stereocenters. The minimum Gasteiger partial charge on any atom is -0.274 e. The Morgan fingerprint density at radius 3 is 2.00 bits per heavy atom. The number of rotatable bonds is 14. The number of aromatic amines is 1. The van der Waals surface area contributed by atoms with Crippen molar-refractivity contribution in [1.82, 2.24) is 9.78 Å². The van der Waals surface area contributed by atoms with Gasteiger partial charge in [-0.25, -0.2) is 9.67 Å². The van der Waals surface area contributed by atoms with E-state index in [0.29, 0.717) is 16.5 Å². The highest BCUT2D eigenvalue weighted by atomic mass is 35.5. The quantitative estimate of drug-likeness (QED) is 0.162. The summed E-state index contributed by atoms with van der Waals surface area (Å²) in [6.07, 6.45) is 16.3. The smallest absolute Gasteiger partial charge is 0.273 e. The minimum absolute atomic E-state index is 0.278. The second-order valence-corrected chi connectivity index (χ2v) is 10.2. The first kappa shape index (κ1) is 27.6. The van der Waals surface area contributed by atoms with E-state index < -0.39 is 0 Å². The molecule has 35 heavy (non-hydrogen) atoms. The predicted octanol–water partition coefficient (Wildman–Crippen LogP) is 9.34. The molecule has 7 heteroatoms. The summed E-state index contributed by atoms with van der Waals surface area (Å²) >= 11 is 18.4. The number of H-pyrrole nitrogens is 1. The molecule has 0 radical (unpaired) electrons. The zero-order valence-electron chi connectivity index (χ0n) is 20.3. The summed E-state index contributed by atoms with van der Waals surface area (Å²) in [6.45, 7) is 2.26. The number of hydrogen-bond acceptors (Lipinski definition) is 2. The predicted molar refractivity (Wildman–Crippen MR) is 151 cm³/mol. The Labute approximate surface area is 223 Å². The molecule has 0 atom stereocenters. The average Bonchev–Trinajstić information content (AvgIpc) is 3.19. The topological polar surface area (TPSA) is 50.1 Å². The van der Waals surface area contributed by atoms with Crippen molar-refractivity contribution < 1.29 is 0 Å². The second kappa shape index (κ2) is 14.5. The van der Waals surface area contributed by atoms with Crippen molar-refractivity contribution in [2.45, 2.75) is 77.6 Å². The van der Waals surface area contributed by atoms with E-state index in [1.54, 1.807) is 6.21 Å². The summed E-state index contributed by atoms with van der Waals surface area (Å²) < 4.78 is 1.27. The molecule has 2 aromatic carbocycles. The van der Waals surface area contributed by atoms with E-state index in [4.69, 9.17) is 34.8 Å². The van der Waals surface area contributed by atoms with Crippen LogP contribution in [0.2, 0.25) is 15.1 Å². The molecule has 0 aliphatic carbocycles. The standard InChI is InChI=1S/C28H34Cl3N3O/c1-2-3-4-5-6-7-8-9-10-11-12-21-13-15-22(16-14-21)20-32-26-19-27(35)34(33-26)28-24(30)17-23(29)18-25(28)31/h13-20,33H,2-12H2,1H3. The van der Waals surface area contributed by atoms with Gasteiger partial charge in [-0.1, -0.05) is 124 Å². The molecule has 0 bridgehead atoms. The lowest BCUT2D eigenvalue weighted by Crippen LogP contribution is -2.14. The Balaban J connectivity index is 1.46. The van der Waals surface area contributed by atoms with Gasteiger partial charge in [-0.3, -0.25) is 9.89 Å². The van der Waals surface area contributed by atoms with Crippen LogP contribution in [0.4, 0.5) is 5.82 Å². The van der Waals surface area contributed by atoms with Crippen LogP contribution in [0.5, 0.6) is 0 Å². The molecule has 0 aliphatic heterocycles. The number of halogens is 3. The van der Waals surface area contributed by atoms with Crippen LogP contribution in [0.1, 0.15) is 82.3 Å². The highest BCUT2D eigenvalue weighted by molar-refractivity contribution is 6.40. The second-order valence-electron chi connectivity index (χ2n) is 8.96. The van der Waals surface area contributed by atoms with Gasteiger partial charge in [0, 0.05) is 17.3 Å². The zero-order chi connectivity index (χ0) is 25.0. The molecule has 3 aromatic rings. The van der Waals surface area contributed by atoms with Crippen LogP contribution in [0.3, 0.4) is 0 Å². The fraction of sp³-hybridized carbons (Fsp3) is 0.429. The highest BCUT2D eigenvalue weighted by Gasteiger charge is 2.13. The molecule has 3 rings (SSSR count). The molecular formula is C28H34Cl3N3O. The van der Waals surface area contributed by atoms with Crippen molar-refractivity contribution in [2.75, 3.05) is 0 Å². The molecular weight excluding hydrogens is 501 g/mol. The lowest BCUT2D eigenvalue weighted by atomic mass is 10.0. The van der Waals surface area contributed by atoms with Gasteiger partial charge in [-0.2, -0.15) is 0 Å². The zero-order valence-corrected chi connectivity index (χ0v) is 22.6. The van der Waals surface area contributed by atoms with Gasteiger partial charge in [0.05, 0.1) is 10.0 Å². The number of benzene rings is 2. The van der Waals surface area contributed by atoms with Crippen LogP contribution < -0.4 is 5.56 Å². The molecule has 0 amide bonds. The molecule has 0 fully saturated rings. The SMILES string of the molecule is CCCCCCCCCCCCc1ccc(C=Nc2cc(=O)n(-c3c(Cl)cc(Cl)cc3Cl)[nH]2)cc1. The molecule has 0 saturated heterocycles. The summed E-state index contributed by atoms with van der Waals surface area (Å²) in [4.78, 5) is 16.8. The van der Waals surface area contributed by atoms with Gasteiger partial charge >= 0.3 is 0 Å². The van der Waals surface area contributed by atoms with Crippen molar-refractivity contribution in [2.24, 2.45) is 4.99 Å². The van der Waals surface area contributed by atoms with Gasteiger partial charge in [0.15, 0.2) is 5.82 Å². The molecule has 0 aliphatic rings. The maximum absolute atomic E-state index is 12.4. The average molecular weight is 535 g/mol. The summed E-state index contributed by atoms with van der Waals surface area (Å²) in [7, 11) is 0. The van der Waals surface area contributed by atoms with Crippen molar-refractivity contribution in [3.8, 4) is 5.69 Å². The Hall–Kier alpha value is -2.01. The van der Waals surface area contributed by atoms with E-state index in [9.17, 15) is 4.79 Å². The van der Waals surface area contributed by atoms with Crippen LogP contribution in [0, 0.1) is 0 Å². The monoisotopic (exact) mass is 533 g/mol. The van der Waals surface area contributed by atoms with E-state index in [-0.39, 0.29) is 15.6 Å². The van der Waals surface area contributed by atoms with Crippen molar-refractivity contribution in [1.29, 1.82) is 0 Å². The number of aryl methyl sites for hydroxylation is 1. The normalized spacial score (nSPS) is 11.5. The first-order chi connectivity index (χ1) is 17.0. The van der Waals surface area contributed by atoms with E-state index in [1.807, 2.05) is 0 Å². The van der Waals surface area contributed by atoms with Crippen LogP contribution in [0.25, 0.3) is 5.69 Å². The molecule has 1 heterocycles. The van der Waals surface area contributed by atoms with E-state index in [2.05, 4.69) is 41.3 Å². The van der Waals surface area contributed by atoms with Crippen LogP contribution >= 0.6 is 34.8 Å². The van der Waals surface area contributed by atoms with E-state index in [1.165, 1.54) is 92.7 Å². The van der Waals surface area contributed by atoms with Crippen LogP contribution in [-0.4, -0.2) is 16.0 Å². The lowest BCUT2D eigenvalue weighted by Gasteiger charge is -2.07. The molecule has 0 spiro atoms. The molecule has 4 nitrogen and oxygen atoms in total. The van der Waals surface area contributed by atoms with Crippen molar-refractivity contribution >= 4 is 46.8 Å². The Morgan fingerprint density at radius 1 is 0.829 bits per heavy atom. The number of hydrogen-bond donors (Lipinski definition) is 1. The van der Waals surface area contributed by atoms with Crippen LogP contribution in [-0.2, 0) is 6.42 Å². The van der Waals surface area contributed by atoms with Gasteiger partial charge in [0.2, 0.25) is 0 Å². The largest absolute Gasteiger partial charge is 0.274 e. The van der Waals surface area contributed by atoms with Crippen molar-refractivity contribution in [3.63, 3.8) is 0 Å². The number of nitrogens with zero attached hydrogens (tertiary/aromatic N) is 2. The van der Waals surface area contributed by atoms with Gasteiger partial charge < -0.3 is 0 Å². The number of aliphatic imine (C=N–C) groups is 1. The highest BCUT2D eigenvalue weighted by Crippen LogP contribution is 2.31. The molecule has 1 aromatic heterocycles. The third kappa shape index (κ3) is 8.86. The fourth-order valence-electron chi connectivity index (χ4n) is 4.09. The summed E-state index contributed by atoms with van der Waals surface area (Å²) in [5, 5.41) is 3.89. The first-order valence-corrected chi connectivity index (χ1v) is 13.7. The molecule has 1 N–H and O–H groups in total. The number of aromatic nitrogens is 2. The summed E-state index contributed by atoms with van der Waals surface area (Å²) in [5.74, 6) is 0.409. The Kier molecular flexibility index (Phi) is 11.4. The third-order valence-corrected chi connectivity index (χ3v) is 6.86. The number of nitrogens with one attached hydrogen (secondary N) is 1. The fourth-order valence-corrected chi connectivity index (χ4v) is 5.08. The van der Waals surface area contributed by atoms with Gasteiger partial charge in [-0.05, 0) is 36.1 Å². The van der Waals surface area contributed by atoms with Gasteiger partial charge in [0.1, 0.15) is 5.69 Å². The summed E-state index contributed by atoms with van der Waals surface area (Å²) in [5.41, 5.74) is 2.34. The van der Waals surface area contributed by atoms with E-state index in [0.717, 1.165) is 12.0 Å². The van der Waals surface area contributed by atoms with Crippen LogP contribution in [0.15, 0.2) is 52.3 Å². The Bertz CT molecular complexity index is 1130. The summed E-state index contributed by atoms with van der Waals surface area (Å²) in [6, 6.07) is 12.9. The van der Waals surface area contributed by atoms with Crippen molar-refractivity contribution in [3.05, 3.63) is 79.0 Å². The van der Waals surface area contributed by atoms with Gasteiger partial charge in [-0.15, -0.1) is 0 Å². The molecule has 188 valence electrons. The number of unbranched alkanes of at least 4 members (excludes halogenated alkanes) is 9. The third-order valence-electron chi connectivity index (χ3n) is 6.06. The lowest BCUT2D eigenvalue weighted by molar-refractivity contribution is 0.556. The van der Waals surface area contributed by atoms with E-state index >= 15 is 0 Å². The molecule has 0 saturated carbocycles. The first-order valence-electron chi connectivity index (χ1n) is 12.6. The van der Waals surface area contributed by atoms with Gasteiger partial charge in [0.25, 0.3) is 5.56 Å². The maximum Gasteiger partial charge on any atom is 0.273 e. The Morgan fingerprint density at radius 2 is 1.40 bits per heavy atom.